The molecule has 3 heterocycles. The highest BCUT2D eigenvalue weighted by atomic mass is 19.3. The van der Waals surface area contributed by atoms with Gasteiger partial charge in [-0.25, -0.2) is 18.2 Å². The zero-order valence-electron chi connectivity index (χ0n) is 17.0. The Bertz CT molecular complexity index is 1270. The number of carbonyl (C=O) groups is 1. The Hall–Kier alpha value is -3.57. The normalized spacial score (nSPS) is 23.4. The van der Waals surface area contributed by atoms with Crippen molar-refractivity contribution in [3.63, 3.8) is 0 Å². The molecule has 2 fully saturated rings. The highest BCUT2D eigenvalue weighted by Crippen LogP contribution is 2.38. The van der Waals surface area contributed by atoms with E-state index >= 15 is 0 Å². The molecule has 3 atom stereocenters. The third-order valence-corrected chi connectivity index (χ3v) is 5.83. The number of fused-ring (bicyclic) bond motifs is 1. The zero-order chi connectivity index (χ0) is 22.6. The van der Waals surface area contributed by atoms with Crippen molar-refractivity contribution < 1.29 is 18.0 Å². The highest BCUT2D eigenvalue weighted by Gasteiger charge is 2.49. The van der Waals surface area contributed by atoms with Crippen LogP contribution in [0.15, 0.2) is 35.4 Å². The number of pyridine rings is 1. The van der Waals surface area contributed by atoms with Crippen molar-refractivity contribution >= 4 is 28.9 Å². The number of anilines is 3. The van der Waals surface area contributed by atoms with Gasteiger partial charge < -0.3 is 20.5 Å². The van der Waals surface area contributed by atoms with Crippen LogP contribution in [0.25, 0.3) is 5.65 Å². The molecule has 2 aliphatic rings. The maximum atomic E-state index is 13.6. The number of nitrogens with zero attached hydrogens (tertiary/aromatic N) is 4. The molecule has 2 aliphatic carbocycles. The van der Waals surface area contributed by atoms with E-state index in [4.69, 9.17) is 0 Å². The molecule has 0 spiro atoms. The van der Waals surface area contributed by atoms with Gasteiger partial charge in [0.25, 0.3) is 17.4 Å². The van der Waals surface area contributed by atoms with Gasteiger partial charge >= 0.3 is 0 Å². The van der Waals surface area contributed by atoms with Crippen LogP contribution in [0.3, 0.4) is 0 Å². The van der Waals surface area contributed by atoms with Gasteiger partial charge in [-0.05, 0) is 18.6 Å². The minimum atomic E-state index is -2.93. The van der Waals surface area contributed by atoms with Crippen molar-refractivity contribution in [1.29, 1.82) is 0 Å². The van der Waals surface area contributed by atoms with Crippen molar-refractivity contribution in [3.8, 4) is 0 Å². The lowest BCUT2D eigenvalue weighted by atomic mass is 9.88. The predicted octanol–water partition coefficient (Wildman–Crippen LogP) is 2.49. The first-order valence-electron chi connectivity index (χ1n) is 10.2. The van der Waals surface area contributed by atoms with E-state index in [1.165, 1.54) is 21.5 Å². The fraction of sp³-hybridized carbons (Fsp3) is 0.400. The van der Waals surface area contributed by atoms with E-state index in [0.717, 1.165) is 0 Å². The molecule has 0 saturated heterocycles. The number of hydrogen-bond acceptors (Lipinski definition) is 6. The quantitative estimate of drug-likeness (QED) is 0.536. The molecule has 3 N–H and O–H groups in total. The van der Waals surface area contributed by atoms with Crippen LogP contribution in [0, 0.1) is 0 Å². The topological polar surface area (TPSA) is 105 Å². The summed E-state index contributed by atoms with van der Waals surface area (Å²) in [5.74, 6) is -2.95. The average Bonchev–Trinajstić information content (AvgIpc) is 3.33. The minimum Gasteiger partial charge on any atom is -0.373 e. The van der Waals surface area contributed by atoms with Crippen molar-refractivity contribution in [3.05, 3.63) is 46.5 Å². The molecule has 3 aromatic rings. The lowest BCUT2D eigenvalue weighted by Crippen LogP contribution is -2.55. The minimum absolute atomic E-state index is 0.0246. The number of halogens is 3. The molecule has 1 unspecified atom stereocenters. The highest BCUT2D eigenvalue weighted by molar-refractivity contribution is 6.00. The molecular formula is C20H20F3N7O2. The average molecular weight is 447 g/mol. The van der Waals surface area contributed by atoms with Crippen LogP contribution in [-0.2, 0) is 0 Å². The van der Waals surface area contributed by atoms with Gasteiger partial charge in [-0.3, -0.25) is 9.59 Å². The van der Waals surface area contributed by atoms with E-state index < -0.39 is 35.6 Å². The summed E-state index contributed by atoms with van der Waals surface area (Å²) in [6, 6.07) is 3.06. The maximum Gasteiger partial charge on any atom is 0.274 e. The van der Waals surface area contributed by atoms with Crippen LogP contribution >= 0.6 is 0 Å². The molecular weight excluding hydrogens is 427 g/mol. The number of hydrogen-bond donors (Lipinski definition) is 3. The van der Waals surface area contributed by atoms with Gasteiger partial charge in [-0.2, -0.15) is 9.61 Å². The molecule has 1 amide bonds. The second-order valence-corrected chi connectivity index (χ2v) is 7.97. The summed E-state index contributed by atoms with van der Waals surface area (Å²) in [4.78, 5) is 29.7. The van der Waals surface area contributed by atoms with Crippen molar-refractivity contribution in [2.75, 3.05) is 17.7 Å². The Morgan fingerprint density at radius 1 is 1.34 bits per heavy atom. The summed E-state index contributed by atoms with van der Waals surface area (Å²) in [5.41, 5.74) is -0.0625. The lowest BCUT2D eigenvalue weighted by Gasteiger charge is -2.36. The Labute approximate surface area is 179 Å². The third-order valence-electron chi connectivity index (χ3n) is 5.83. The smallest absolute Gasteiger partial charge is 0.274 e. The van der Waals surface area contributed by atoms with Crippen LogP contribution in [0.5, 0.6) is 0 Å². The molecule has 9 nitrogen and oxygen atoms in total. The fourth-order valence-corrected chi connectivity index (χ4v) is 3.73. The molecule has 0 radical (unpaired) electrons. The van der Waals surface area contributed by atoms with Gasteiger partial charge in [-0.1, -0.05) is 0 Å². The Morgan fingerprint density at radius 2 is 2.12 bits per heavy atom. The second kappa shape index (κ2) is 7.24. The second-order valence-electron chi connectivity index (χ2n) is 7.97. The summed E-state index contributed by atoms with van der Waals surface area (Å²) < 4.78 is 43.3. The van der Waals surface area contributed by atoms with Crippen LogP contribution < -0.4 is 21.5 Å². The van der Waals surface area contributed by atoms with Gasteiger partial charge in [0.05, 0.1) is 18.3 Å². The van der Waals surface area contributed by atoms with E-state index in [2.05, 4.69) is 26.0 Å². The van der Waals surface area contributed by atoms with Crippen LogP contribution in [-0.4, -0.2) is 50.3 Å². The molecule has 3 aromatic heterocycles. The first-order valence-corrected chi connectivity index (χ1v) is 10.2. The number of carbonyl (C=O) groups excluding carboxylic acids is 1. The summed E-state index contributed by atoms with van der Waals surface area (Å²) in [6.07, 6.45) is 1.98. The first kappa shape index (κ1) is 20.3. The van der Waals surface area contributed by atoms with Gasteiger partial charge in [0.1, 0.15) is 29.1 Å². The summed E-state index contributed by atoms with van der Waals surface area (Å²) in [6.45, 7) is 0. The monoisotopic (exact) mass is 447 g/mol. The molecule has 12 heteroatoms. The SMILES string of the molecule is CNc1cc(Nc2cccn([C@@H]3C[C@H]3F)c2=O)nc2c(C(=O)NC3CCC3(F)F)cnn12. The summed E-state index contributed by atoms with van der Waals surface area (Å²) in [5, 5.41) is 12.3. The van der Waals surface area contributed by atoms with Crippen molar-refractivity contribution in [2.45, 2.75) is 43.4 Å². The van der Waals surface area contributed by atoms with E-state index in [9.17, 15) is 22.8 Å². The molecule has 2 saturated carbocycles. The molecule has 5 rings (SSSR count). The van der Waals surface area contributed by atoms with Crippen LogP contribution in [0.2, 0.25) is 0 Å². The molecule has 168 valence electrons. The summed E-state index contributed by atoms with van der Waals surface area (Å²) >= 11 is 0. The van der Waals surface area contributed by atoms with Crippen molar-refractivity contribution in [1.82, 2.24) is 24.5 Å². The van der Waals surface area contributed by atoms with Gasteiger partial charge in [0.15, 0.2) is 5.65 Å². The Balaban J connectivity index is 1.48. The first-order chi connectivity index (χ1) is 15.3. The molecule has 32 heavy (non-hydrogen) atoms. The Morgan fingerprint density at radius 3 is 2.75 bits per heavy atom. The number of nitrogens with one attached hydrogen (secondary N) is 3. The largest absolute Gasteiger partial charge is 0.373 e. The maximum absolute atomic E-state index is 13.6. The number of amides is 1. The molecule has 0 aliphatic heterocycles. The fourth-order valence-electron chi connectivity index (χ4n) is 3.73. The van der Waals surface area contributed by atoms with E-state index in [0.29, 0.717) is 12.2 Å². The molecule has 0 bridgehead atoms. The van der Waals surface area contributed by atoms with E-state index in [1.54, 1.807) is 25.2 Å². The molecule has 0 aromatic carbocycles. The number of rotatable bonds is 6. The van der Waals surface area contributed by atoms with E-state index in [-0.39, 0.29) is 35.6 Å². The van der Waals surface area contributed by atoms with Crippen molar-refractivity contribution in [2.24, 2.45) is 0 Å². The van der Waals surface area contributed by atoms with Gasteiger partial charge in [0, 0.05) is 32.2 Å². The third kappa shape index (κ3) is 3.35. The lowest BCUT2D eigenvalue weighted by molar-refractivity contribution is -0.102. The predicted molar refractivity (Wildman–Crippen MR) is 111 cm³/mol. The van der Waals surface area contributed by atoms with E-state index in [1.807, 2.05) is 0 Å². The van der Waals surface area contributed by atoms with Gasteiger partial charge in [0.2, 0.25) is 0 Å². The Kier molecular flexibility index (Phi) is 4.60. The number of alkyl halides is 3. The summed E-state index contributed by atoms with van der Waals surface area (Å²) in [7, 11) is 1.64. The standard InChI is InChI=1S/C20H20F3N7O2/c1-24-16-8-15(26-12-3-2-6-29(19(12)32)13-7-11(13)21)28-17-10(9-25-30(16)17)18(31)27-14-4-5-20(14,22)23/h2-3,6,8-9,11,13-14,24H,4-5,7H2,1H3,(H,26,28)(H,27,31)/t11-,13-,14?/m1/s1. The van der Waals surface area contributed by atoms with Crippen LogP contribution in [0.1, 0.15) is 35.7 Å². The number of aromatic nitrogens is 4. The van der Waals surface area contributed by atoms with Crippen LogP contribution in [0.4, 0.5) is 30.5 Å². The zero-order valence-corrected chi connectivity index (χ0v) is 17.0. The van der Waals surface area contributed by atoms with Gasteiger partial charge in [-0.15, -0.1) is 0 Å².